The van der Waals surface area contributed by atoms with Crippen molar-refractivity contribution in [3.05, 3.63) is 53.9 Å². The number of aromatic nitrogens is 3. The largest absolute Gasteiger partial charge is 0.377 e. The van der Waals surface area contributed by atoms with Gasteiger partial charge in [0.15, 0.2) is 5.16 Å². The molecule has 5 heteroatoms. The average Bonchev–Trinajstić information content (AvgIpc) is 3.21. The highest BCUT2D eigenvalue weighted by Gasteiger charge is 2.24. The van der Waals surface area contributed by atoms with Crippen LogP contribution in [0.2, 0.25) is 0 Å². The minimum absolute atomic E-state index is 0.363. The fourth-order valence-corrected chi connectivity index (χ4v) is 6.05. The van der Waals surface area contributed by atoms with E-state index in [2.05, 4.69) is 52.1 Å². The predicted molar refractivity (Wildman–Crippen MR) is 123 cm³/mol. The smallest absolute Gasteiger partial charge is 0.191 e. The Morgan fingerprint density at radius 2 is 1.73 bits per heavy atom. The van der Waals surface area contributed by atoms with E-state index in [4.69, 9.17) is 9.84 Å². The topological polar surface area (TPSA) is 39.9 Å². The highest BCUT2D eigenvalue weighted by Crippen LogP contribution is 2.34. The van der Waals surface area contributed by atoms with Crippen molar-refractivity contribution in [2.75, 3.05) is 12.4 Å². The van der Waals surface area contributed by atoms with Crippen LogP contribution in [0.5, 0.6) is 0 Å². The molecule has 5 rings (SSSR count). The Hall–Kier alpha value is -1.85. The summed E-state index contributed by atoms with van der Waals surface area (Å²) in [5.41, 5.74) is 1.34. The van der Waals surface area contributed by atoms with Gasteiger partial charge in [-0.3, -0.25) is 0 Å². The van der Waals surface area contributed by atoms with Gasteiger partial charge in [0.1, 0.15) is 5.82 Å². The number of fused-ring (bicyclic) bond motifs is 1. The first kappa shape index (κ1) is 20.1. The van der Waals surface area contributed by atoms with Crippen molar-refractivity contribution in [1.29, 1.82) is 0 Å². The molecule has 1 aliphatic carbocycles. The monoisotopic (exact) mass is 421 g/mol. The molecule has 0 amide bonds. The van der Waals surface area contributed by atoms with E-state index in [1.165, 1.54) is 67.7 Å². The van der Waals surface area contributed by atoms with E-state index < -0.39 is 0 Å². The molecule has 1 saturated heterocycles. The van der Waals surface area contributed by atoms with E-state index in [0.717, 1.165) is 29.8 Å². The fourth-order valence-electron chi connectivity index (χ4n) is 4.96. The van der Waals surface area contributed by atoms with Crippen LogP contribution in [0.3, 0.4) is 0 Å². The van der Waals surface area contributed by atoms with Crippen LogP contribution in [0.1, 0.15) is 68.8 Å². The van der Waals surface area contributed by atoms with Crippen LogP contribution in [-0.2, 0) is 11.2 Å². The lowest BCUT2D eigenvalue weighted by Crippen LogP contribution is -2.22. The van der Waals surface area contributed by atoms with Gasteiger partial charge in [0.2, 0.25) is 0 Å². The number of ether oxygens (including phenoxy) is 1. The van der Waals surface area contributed by atoms with Gasteiger partial charge in [-0.1, -0.05) is 73.5 Å². The van der Waals surface area contributed by atoms with Crippen molar-refractivity contribution < 1.29 is 4.74 Å². The molecule has 1 aliphatic heterocycles. The van der Waals surface area contributed by atoms with Crippen molar-refractivity contribution in [2.24, 2.45) is 0 Å². The molecule has 1 saturated carbocycles. The zero-order valence-electron chi connectivity index (χ0n) is 17.6. The van der Waals surface area contributed by atoms with Gasteiger partial charge in [0.05, 0.1) is 6.10 Å². The lowest BCUT2D eigenvalue weighted by atomic mass is 9.95. The summed E-state index contributed by atoms with van der Waals surface area (Å²) in [6.07, 6.45) is 11.3. The minimum Gasteiger partial charge on any atom is -0.377 e. The summed E-state index contributed by atoms with van der Waals surface area (Å²) in [4.78, 5) is 0. The van der Waals surface area contributed by atoms with Crippen LogP contribution in [0.15, 0.2) is 47.6 Å². The van der Waals surface area contributed by atoms with Gasteiger partial charge in [-0.2, -0.15) is 0 Å². The van der Waals surface area contributed by atoms with Crippen molar-refractivity contribution in [2.45, 2.75) is 75.1 Å². The zero-order chi connectivity index (χ0) is 20.2. The van der Waals surface area contributed by atoms with E-state index >= 15 is 0 Å². The Kier molecular flexibility index (Phi) is 6.37. The molecule has 3 aromatic rings. The number of thioether (sulfide) groups is 1. The van der Waals surface area contributed by atoms with Crippen LogP contribution in [0, 0.1) is 0 Å². The molecule has 0 bridgehead atoms. The third-order valence-electron chi connectivity index (χ3n) is 6.58. The molecule has 0 spiro atoms. The summed E-state index contributed by atoms with van der Waals surface area (Å²) in [5, 5.41) is 13.1. The Labute approximate surface area is 183 Å². The van der Waals surface area contributed by atoms with Gasteiger partial charge in [-0.15, -0.1) is 10.2 Å². The highest BCUT2D eigenvalue weighted by atomic mass is 32.2. The first-order chi connectivity index (χ1) is 14.9. The fraction of sp³-hybridized carbons (Fsp3) is 0.520. The second-order valence-corrected chi connectivity index (χ2v) is 9.66. The maximum atomic E-state index is 5.96. The number of rotatable bonds is 6. The molecule has 2 aliphatic rings. The summed E-state index contributed by atoms with van der Waals surface area (Å²) in [6.45, 7) is 0.910. The SMILES string of the molecule is c1ccc2c(Cc3nnc(SC[C@@H]4CCCCO4)n3C3CCCCC3)cccc2c1. The van der Waals surface area contributed by atoms with Gasteiger partial charge in [0, 0.05) is 24.8 Å². The molecular weight excluding hydrogens is 390 g/mol. The average molecular weight is 422 g/mol. The van der Waals surface area contributed by atoms with Gasteiger partial charge in [-0.25, -0.2) is 0 Å². The minimum atomic E-state index is 0.363. The number of hydrogen-bond acceptors (Lipinski definition) is 4. The molecule has 0 unspecified atom stereocenters. The molecule has 2 fully saturated rings. The molecule has 2 heterocycles. The van der Waals surface area contributed by atoms with Crippen LogP contribution in [-0.4, -0.2) is 33.2 Å². The lowest BCUT2D eigenvalue weighted by Gasteiger charge is -2.26. The number of benzene rings is 2. The lowest BCUT2D eigenvalue weighted by molar-refractivity contribution is 0.0315. The zero-order valence-corrected chi connectivity index (χ0v) is 18.4. The molecule has 2 aromatic carbocycles. The third kappa shape index (κ3) is 4.42. The molecule has 1 aromatic heterocycles. The van der Waals surface area contributed by atoms with E-state index in [1.807, 2.05) is 11.8 Å². The Bertz CT molecular complexity index is 968. The quantitative estimate of drug-likeness (QED) is 0.445. The van der Waals surface area contributed by atoms with Crippen LogP contribution in [0.25, 0.3) is 10.8 Å². The van der Waals surface area contributed by atoms with E-state index in [-0.39, 0.29) is 0 Å². The number of hydrogen-bond donors (Lipinski definition) is 0. The normalized spacial score (nSPS) is 20.6. The highest BCUT2D eigenvalue weighted by molar-refractivity contribution is 7.99. The van der Waals surface area contributed by atoms with Crippen LogP contribution < -0.4 is 0 Å². The maximum Gasteiger partial charge on any atom is 0.191 e. The van der Waals surface area contributed by atoms with E-state index in [1.54, 1.807) is 0 Å². The van der Waals surface area contributed by atoms with Gasteiger partial charge in [-0.05, 0) is 48.4 Å². The standard InChI is InChI=1S/C25H31N3OS/c1-2-12-21(13-3-1)28-24(17-20-11-8-10-19-9-4-5-15-23(19)20)26-27-25(28)30-18-22-14-6-7-16-29-22/h4-5,8-11,15,21-22H,1-3,6-7,12-14,16-18H2/t22-/m0/s1. The molecule has 30 heavy (non-hydrogen) atoms. The van der Waals surface area contributed by atoms with Crippen molar-refractivity contribution in [1.82, 2.24) is 14.8 Å². The Morgan fingerprint density at radius 1 is 0.900 bits per heavy atom. The van der Waals surface area contributed by atoms with Crippen molar-refractivity contribution in [3.8, 4) is 0 Å². The first-order valence-electron chi connectivity index (χ1n) is 11.5. The summed E-state index contributed by atoms with van der Waals surface area (Å²) in [6, 6.07) is 15.8. The van der Waals surface area contributed by atoms with Crippen molar-refractivity contribution in [3.63, 3.8) is 0 Å². The number of nitrogens with zero attached hydrogens (tertiary/aromatic N) is 3. The first-order valence-corrected chi connectivity index (χ1v) is 12.5. The van der Waals surface area contributed by atoms with Crippen LogP contribution in [0.4, 0.5) is 0 Å². The second kappa shape index (κ2) is 9.52. The Morgan fingerprint density at radius 3 is 2.60 bits per heavy atom. The van der Waals surface area contributed by atoms with Gasteiger partial charge in [0.25, 0.3) is 0 Å². The van der Waals surface area contributed by atoms with Crippen molar-refractivity contribution >= 4 is 22.5 Å². The molecular formula is C25H31N3OS. The summed E-state index contributed by atoms with van der Waals surface area (Å²) >= 11 is 1.85. The summed E-state index contributed by atoms with van der Waals surface area (Å²) in [7, 11) is 0. The van der Waals surface area contributed by atoms with E-state index in [9.17, 15) is 0 Å². The van der Waals surface area contributed by atoms with E-state index in [0.29, 0.717) is 12.1 Å². The van der Waals surface area contributed by atoms with Gasteiger partial charge < -0.3 is 9.30 Å². The Balaban J connectivity index is 1.42. The molecule has 0 radical (unpaired) electrons. The van der Waals surface area contributed by atoms with Gasteiger partial charge >= 0.3 is 0 Å². The maximum absolute atomic E-state index is 5.96. The predicted octanol–water partition coefficient (Wildman–Crippen LogP) is 6.19. The molecule has 1 atom stereocenters. The molecule has 158 valence electrons. The molecule has 0 N–H and O–H groups in total. The summed E-state index contributed by atoms with van der Waals surface area (Å²) < 4.78 is 8.44. The third-order valence-corrected chi connectivity index (χ3v) is 7.65. The molecule has 4 nitrogen and oxygen atoms in total. The second-order valence-electron chi connectivity index (χ2n) is 8.68. The van der Waals surface area contributed by atoms with Crippen LogP contribution >= 0.6 is 11.8 Å². The summed E-state index contributed by atoms with van der Waals surface area (Å²) in [5.74, 6) is 2.10.